The highest BCUT2D eigenvalue weighted by Crippen LogP contribution is 2.20. The standard InChI is InChI=1S/C15H29N5/c1-3-4-5-6-9-14-17-15(19-18-14)20-10-7-8-13(12-20)11-16-2/h13,16H,3-12H2,1-2H3,(H,17,18,19). The smallest absolute Gasteiger partial charge is 0.244 e. The van der Waals surface area contributed by atoms with Crippen molar-refractivity contribution in [3.05, 3.63) is 5.82 Å². The highest BCUT2D eigenvalue weighted by Gasteiger charge is 2.22. The minimum Gasteiger partial charge on any atom is -0.339 e. The van der Waals surface area contributed by atoms with Crippen molar-refractivity contribution in [2.45, 2.75) is 51.9 Å². The van der Waals surface area contributed by atoms with E-state index in [2.05, 4.69) is 32.3 Å². The summed E-state index contributed by atoms with van der Waals surface area (Å²) in [6.07, 6.45) is 8.69. The Labute approximate surface area is 122 Å². The minimum absolute atomic E-state index is 0.722. The lowest BCUT2D eigenvalue weighted by Gasteiger charge is -2.31. The molecule has 1 aromatic heterocycles. The summed E-state index contributed by atoms with van der Waals surface area (Å²) in [6, 6.07) is 0. The predicted molar refractivity (Wildman–Crippen MR) is 83.1 cm³/mol. The van der Waals surface area contributed by atoms with Gasteiger partial charge in [0.1, 0.15) is 5.82 Å². The molecule has 2 heterocycles. The van der Waals surface area contributed by atoms with Gasteiger partial charge >= 0.3 is 0 Å². The van der Waals surface area contributed by atoms with Crippen molar-refractivity contribution in [3.8, 4) is 0 Å². The third-order valence-electron chi connectivity index (χ3n) is 4.08. The zero-order chi connectivity index (χ0) is 14.2. The fourth-order valence-corrected chi connectivity index (χ4v) is 2.96. The summed E-state index contributed by atoms with van der Waals surface area (Å²) in [6.45, 7) is 5.50. The Morgan fingerprint density at radius 2 is 2.25 bits per heavy atom. The molecule has 5 heteroatoms. The maximum atomic E-state index is 4.66. The number of hydrogen-bond acceptors (Lipinski definition) is 4. The van der Waals surface area contributed by atoms with Crippen molar-refractivity contribution in [1.29, 1.82) is 0 Å². The SMILES string of the molecule is CCCCCCc1nc(N2CCCC(CNC)C2)n[nH]1. The number of piperidine rings is 1. The number of hydrogen-bond donors (Lipinski definition) is 2. The minimum atomic E-state index is 0.722. The lowest BCUT2D eigenvalue weighted by Crippen LogP contribution is -2.39. The fourth-order valence-electron chi connectivity index (χ4n) is 2.96. The molecule has 2 rings (SSSR count). The van der Waals surface area contributed by atoms with Crippen LogP contribution in [0.5, 0.6) is 0 Å². The first-order chi connectivity index (χ1) is 9.83. The predicted octanol–water partition coefficient (Wildman–Crippen LogP) is 2.36. The van der Waals surface area contributed by atoms with Gasteiger partial charge in [-0.1, -0.05) is 26.2 Å². The van der Waals surface area contributed by atoms with Crippen molar-refractivity contribution in [3.63, 3.8) is 0 Å². The number of aromatic nitrogens is 3. The molecule has 0 radical (unpaired) electrons. The van der Waals surface area contributed by atoms with E-state index < -0.39 is 0 Å². The second-order valence-corrected chi connectivity index (χ2v) is 5.90. The van der Waals surface area contributed by atoms with E-state index in [4.69, 9.17) is 0 Å². The van der Waals surface area contributed by atoms with Crippen molar-refractivity contribution < 1.29 is 0 Å². The molecule has 0 spiro atoms. The molecule has 1 fully saturated rings. The number of aryl methyl sites for hydroxylation is 1. The zero-order valence-corrected chi connectivity index (χ0v) is 13.0. The Bertz CT molecular complexity index is 374. The molecule has 1 aromatic rings. The Morgan fingerprint density at radius 1 is 1.35 bits per heavy atom. The monoisotopic (exact) mass is 279 g/mol. The largest absolute Gasteiger partial charge is 0.339 e. The van der Waals surface area contributed by atoms with Crippen LogP contribution in [-0.2, 0) is 6.42 Å². The Kier molecular flexibility index (Phi) is 6.30. The molecule has 1 atom stereocenters. The van der Waals surface area contributed by atoms with Crippen LogP contribution in [0, 0.1) is 5.92 Å². The molecular weight excluding hydrogens is 250 g/mol. The van der Waals surface area contributed by atoms with E-state index in [9.17, 15) is 0 Å². The first kappa shape index (κ1) is 15.3. The summed E-state index contributed by atoms with van der Waals surface area (Å²) >= 11 is 0. The summed E-state index contributed by atoms with van der Waals surface area (Å²) in [5, 5.41) is 10.8. The van der Waals surface area contributed by atoms with Crippen molar-refractivity contribution in [2.24, 2.45) is 5.92 Å². The van der Waals surface area contributed by atoms with Crippen LogP contribution < -0.4 is 10.2 Å². The van der Waals surface area contributed by atoms with Gasteiger partial charge in [0.2, 0.25) is 5.95 Å². The highest BCUT2D eigenvalue weighted by molar-refractivity contribution is 5.29. The second kappa shape index (κ2) is 8.25. The van der Waals surface area contributed by atoms with Gasteiger partial charge in [0.05, 0.1) is 0 Å². The van der Waals surface area contributed by atoms with Crippen molar-refractivity contribution in [2.75, 3.05) is 31.6 Å². The van der Waals surface area contributed by atoms with Gasteiger partial charge in [-0.3, -0.25) is 5.10 Å². The summed E-state index contributed by atoms with van der Waals surface area (Å²) < 4.78 is 0. The molecule has 0 amide bonds. The molecule has 1 unspecified atom stereocenters. The molecular formula is C15H29N5. The molecule has 0 saturated carbocycles. The van der Waals surface area contributed by atoms with Gasteiger partial charge in [0.15, 0.2) is 0 Å². The Hall–Kier alpha value is -1.10. The lowest BCUT2D eigenvalue weighted by atomic mass is 9.98. The molecule has 0 bridgehead atoms. The first-order valence-corrected chi connectivity index (χ1v) is 8.14. The van der Waals surface area contributed by atoms with E-state index in [1.165, 1.54) is 38.5 Å². The fraction of sp³-hybridized carbons (Fsp3) is 0.867. The first-order valence-electron chi connectivity index (χ1n) is 8.14. The number of nitrogens with zero attached hydrogens (tertiary/aromatic N) is 3. The van der Waals surface area contributed by atoms with Crippen LogP contribution in [0.3, 0.4) is 0 Å². The normalized spacial score (nSPS) is 19.5. The quantitative estimate of drug-likeness (QED) is 0.717. The third kappa shape index (κ3) is 4.47. The number of unbranched alkanes of at least 4 members (excludes halogenated alkanes) is 3. The second-order valence-electron chi connectivity index (χ2n) is 5.90. The van der Waals surface area contributed by atoms with Gasteiger partial charge in [-0.15, -0.1) is 5.10 Å². The summed E-state index contributed by atoms with van der Waals surface area (Å²) in [7, 11) is 2.03. The van der Waals surface area contributed by atoms with E-state index in [1.807, 2.05) is 7.05 Å². The molecule has 1 aliphatic heterocycles. The van der Waals surface area contributed by atoms with Crippen LogP contribution in [0.25, 0.3) is 0 Å². The number of anilines is 1. The van der Waals surface area contributed by atoms with E-state index in [1.54, 1.807) is 0 Å². The highest BCUT2D eigenvalue weighted by atomic mass is 15.4. The molecule has 1 saturated heterocycles. The molecule has 0 aromatic carbocycles. The van der Waals surface area contributed by atoms with Gasteiger partial charge in [-0.2, -0.15) is 4.98 Å². The van der Waals surface area contributed by atoms with Crippen LogP contribution in [0.4, 0.5) is 5.95 Å². The van der Waals surface area contributed by atoms with E-state index in [0.29, 0.717) is 0 Å². The van der Waals surface area contributed by atoms with Crippen LogP contribution in [0.1, 0.15) is 51.3 Å². The van der Waals surface area contributed by atoms with E-state index >= 15 is 0 Å². The molecule has 20 heavy (non-hydrogen) atoms. The van der Waals surface area contributed by atoms with Crippen LogP contribution in [-0.4, -0.2) is 41.9 Å². The van der Waals surface area contributed by atoms with Gasteiger partial charge in [-0.05, 0) is 38.8 Å². The molecule has 5 nitrogen and oxygen atoms in total. The average Bonchev–Trinajstić information content (AvgIpc) is 2.93. The third-order valence-corrected chi connectivity index (χ3v) is 4.08. The summed E-state index contributed by atoms with van der Waals surface area (Å²) in [5.74, 6) is 2.67. The summed E-state index contributed by atoms with van der Waals surface area (Å²) in [5.41, 5.74) is 0. The molecule has 2 N–H and O–H groups in total. The van der Waals surface area contributed by atoms with Gasteiger partial charge in [-0.25, -0.2) is 0 Å². The van der Waals surface area contributed by atoms with Gasteiger partial charge in [0, 0.05) is 19.5 Å². The molecule has 1 aliphatic rings. The van der Waals surface area contributed by atoms with Crippen LogP contribution >= 0.6 is 0 Å². The Morgan fingerprint density at radius 3 is 3.05 bits per heavy atom. The maximum absolute atomic E-state index is 4.66. The number of rotatable bonds is 8. The average molecular weight is 279 g/mol. The summed E-state index contributed by atoms with van der Waals surface area (Å²) in [4.78, 5) is 7.00. The van der Waals surface area contributed by atoms with Crippen molar-refractivity contribution in [1.82, 2.24) is 20.5 Å². The van der Waals surface area contributed by atoms with Crippen LogP contribution in [0.15, 0.2) is 0 Å². The zero-order valence-electron chi connectivity index (χ0n) is 13.0. The van der Waals surface area contributed by atoms with Gasteiger partial charge in [0.25, 0.3) is 0 Å². The molecule has 114 valence electrons. The van der Waals surface area contributed by atoms with Gasteiger partial charge < -0.3 is 10.2 Å². The maximum Gasteiger partial charge on any atom is 0.244 e. The topological polar surface area (TPSA) is 56.8 Å². The number of aromatic amines is 1. The Balaban J connectivity index is 1.81. The van der Waals surface area contributed by atoms with Crippen LogP contribution in [0.2, 0.25) is 0 Å². The molecule has 0 aliphatic carbocycles. The number of H-pyrrole nitrogens is 1. The van der Waals surface area contributed by atoms with Crippen molar-refractivity contribution >= 4 is 5.95 Å². The number of nitrogens with one attached hydrogen (secondary N) is 2. The van der Waals surface area contributed by atoms with E-state index in [0.717, 1.165) is 43.7 Å². The van der Waals surface area contributed by atoms with E-state index in [-0.39, 0.29) is 0 Å². The lowest BCUT2D eigenvalue weighted by molar-refractivity contribution is 0.399.